The lowest BCUT2D eigenvalue weighted by Crippen LogP contribution is -2.48. The van der Waals surface area contributed by atoms with E-state index in [0.717, 1.165) is 19.3 Å². The SMILES string of the molecule is CCn1cc(C(=O)NCC(=O)N2CCCC[C@H]2CCO)c(=O)c2cc3c(cc21)OCO3. The monoisotopic (exact) mass is 429 g/mol. The second-order valence-corrected chi connectivity index (χ2v) is 7.81. The molecule has 4 rings (SSSR count). The van der Waals surface area contributed by atoms with Gasteiger partial charge in [-0.05, 0) is 38.7 Å². The van der Waals surface area contributed by atoms with Crippen LogP contribution >= 0.6 is 0 Å². The Hall–Kier alpha value is -3.07. The molecule has 2 aliphatic rings. The molecule has 2 N–H and O–H groups in total. The number of aliphatic hydroxyl groups is 1. The molecule has 0 bridgehead atoms. The summed E-state index contributed by atoms with van der Waals surface area (Å²) >= 11 is 0. The summed E-state index contributed by atoms with van der Waals surface area (Å²) in [4.78, 5) is 40.3. The second-order valence-electron chi connectivity index (χ2n) is 7.81. The number of amides is 2. The molecule has 1 aromatic carbocycles. The lowest BCUT2D eigenvalue weighted by molar-refractivity contribution is -0.134. The van der Waals surface area contributed by atoms with Crippen LogP contribution in [0.4, 0.5) is 0 Å². The predicted molar refractivity (Wildman–Crippen MR) is 113 cm³/mol. The van der Waals surface area contributed by atoms with E-state index in [4.69, 9.17) is 9.47 Å². The number of carbonyl (C=O) groups is 2. The number of nitrogens with one attached hydrogen (secondary N) is 1. The van der Waals surface area contributed by atoms with Gasteiger partial charge >= 0.3 is 0 Å². The predicted octanol–water partition coefficient (Wildman–Crippen LogP) is 1.24. The van der Waals surface area contributed by atoms with Crippen molar-refractivity contribution in [2.75, 3.05) is 26.5 Å². The van der Waals surface area contributed by atoms with Crippen LogP contribution in [0.25, 0.3) is 10.9 Å². The third-order valence-corrected chi connectivity index (χ3v) is 5.97. The molecule has 2 aromatic rings. The summed E-state index contributed by atoms with van der Waals surface area (Å²) in [7, 11) is 0. The first-order valence-corrected chi connectivity index (χ1v) is 10.7. The molecule has 0 aliphatic carbocycles. The van der Waals surface area contributed by atoms with Crippen molar-refractivity contribution in [2.45, 2.75) is 45.2 Å². The maximum absolute atomic E-state index is 13.0. The Labute approximate surface area is 179 Å². The highest BCUT2D eigenvalue weighted by Crippen LogP contribution is 2.35. The molecule has 0 radical (unpaired) electrons. The normalized spacial score (nSPS) is 17.7. The first-order chi connectivity index (χ1) is 15.0. The van der Waals surface area contributed by atoms with Crippen LogP contribution in [0.1, 0.15) is 43.0 Å². The number of rotatable bonds is 6. The van der Waals surface area contributed by atoms with Gasteiger partial charge in [0.2, 0.25) is 18.1 Å². The zero-order valence-corrected chi connectivity index (χ0v) is 17.6. The molecule has 2 aliphatic heterocycles. The molecule has 3 heterocycles. The summed E-state index contributed by atoms with van der Waals surface area (Å²) in [5.74, 6) is 0.248. The van der Waals surface area contributed by atoms with Crippen LogP contribution < -0.4 is 20.2 Å². The van der Waals surface area contributed by atoms with Gasteiger partial charge in [-0.2, -0.15) is 0 Å². The molecule has 9 heteroatoms. The summed E-state index contributed by atoms with van der Waals surface area (Å²) in [6.07, 6.45) is 4.82. The van der Waals surface area contributed by atoms with Gasteiger partial charge in [-0.3, -0.25) is 14.4 Å². The average Bonchev–Trinajstić information content (AvgIpc) is 3.25. The largest absolute Gasteiger partial charge is 0.454 e. The van der Waals surface area contributed by atoms with Crippen molar-refractivity contribution in [3.8, 4) is 11.5 Å². The number of pyridine rings is 1. The zero-order chi connectivity index (χ0) is 22.0. The van der Waals surface area contributed by atoms with E-state index in [1.807, 2.05) is 6.92 Å². The molecule has 0 saturated carbocycles. The average molecular weight is 429 g/mol. The Bertz CT molecular complexity index is 1060. The standard InChI is InChI=1S/C22H27N3O6/c1-2-24-12-16(21(28)15-9-18-19(10-17(15)24)31-13-30-18)22(29)23-11-20(27)25-7-4-3-5-14(25)6-8-26/h9-10,12,14,26H,2-8,11,13H2,1H3,(H,23,29)/t14-/m0/s1. The number of piperidine rings is 1. The van der Waals surface area contributed by atoms with Crippen LogP contribution in [0.15, 0.2) is 23.1 Å². The van der Waals surface area contributed by atoms with E-state index in [9.17, 15) is 19.5 Å². The van der Waals surface area contributed by atoms with E-state index < -0.39 is 11.3 Å². The molecule has 1 aromatic heterocycles. The topological polar surface area (TPSA) is 110 Å². The van der Waals surface area contributed by atoms with Gasteiger partial charge in [0.05, 0.1) is 17.4 Å². The van der Waals surface area contributed by atoms with Crippen molar-refractivity contribution in [1.29, 1.82) is 0 Å². The number of likely N-dealkylation sites (tertiary alicyclic amines) is 1. The summed E-state index contributed by atoms with van der Waals surface area (Å²) < 4.78 is 12.6. The number of nitrogens with zero attached hydrogens (tertiary/aromatic N) is 2. The minimum Gasteiger partial charge on any atom is -0.454 e. The number of hydrogen-bond acceptors (Lipinski definition) is 6. The van der Waals surface area contributed by atoms with Crippen molar-refractivity contribution in [2.24, 2.45) is 0 Å². The Balaban J connectivity index is 1.55. The van der Waals surface area contributed by atoms with Gasteiger partial charge in [0.15, 0.2) is 11.5 Å². The van der Waals surface area contributed by atoms with E-state index in [1.165, 1.54) is 6.20 Å². The quantitative estimate of drug-likeness (QED) is 0.715. The molecule has 9 nitrogen and oxygen atoms in total. The number of aryl methyl sites for hydroxylation is 1. The summed E-state index contributed by atoms with van der Waals surface area (Å²) in [6, 6.07) is 3.33. The van der Waals surface area contributed by atoms with Gasteiger partial charge in [0.25, 0.3) is 5.91 Å². The Morgan fingerprint density at radius 3 is 2.74 bits per heavy atom. The smallest absolute Gasteiger partial charge is 0.257 e. The van der Waals surface area contributed by atoms with E-state index in [-0.39, 0.29) is 37.5 Å². The Morgan fingerprint density at radius 1 is 1.23 bits per heavy atom. The highest BCUT2D eigenvalue weighted by molar-refractivity contribution is 5.99. The van der Waals surface area contributed by atoms with Crippen molar-refractivity contribution in [1.82, 2.24) is 14.8 Å². The number of aliphatic hydroxyl groups excluding tert-OH is 1. The fraction of sp³-hybridized carbons (Fsp3) is 0.500. The van der Waals surface area contributed by atoms with Crippen molar-refractivity contribution in [3.63, 3.8) is 0 Å². The third kappa shape index (κ3) is 4.10. The van der Waals surface area contributed by atoms with E-state index in [1.54, 1.807) is 21.6 Å². The van der Waals surface area contributed by atoms with Crippen LogP contribution in [-0.2, 0) is 11.3 Å². The summed E-state index contributed by atoms with van der Waals surface area (Å²) in [5.41, 5.74) is 0.218. The molecule has 166 valence electrons. The number of hydrogen-bond donors (Lipinski definition) is 2. The summed E-state index contributed by atoms with van der Waals surface area (Å²) in [6.45, 7) is 3.00. The maximum atomic E-state index is 13.0. The fourth-order valence-corrected chi connectivity index (χ4v) is 4.33. The highest BCUT2D eigenvalue weighted by Gasteiger charge is 2.27. The Kier molecular flexibility index (Phi) is 6.13. The van der Waals surface area contributed by atoms with Gasteiger partial charge in [-0.15, -0.1) is 0 Å². The van der Waals surface area contributed by atoms with Gasteiger partial charge in [0, 0.05) is 38.0 Å². The first-order valence-electron chi connectivity index (χ1n) is 10.7. The molecule has 2 amide bonds. The number of ether oxygens (including phenoxy) is 2. The molecular formula is C22H27N3O6. The molecule has 0 spiro atoms. The number of carbonyl (C=O) groups excluding carboxylic acids is 2. The number of aromatic nitrogens is 1. The maximum Gasteiger partial charge on any atom is 0.257 e. The molecule has 1 atom stereocenters. The first kappa shape index (κ1) is 21.2. The van der Waals surface area contributed by atoms with E-state index in [0.29, 0.717) is 41.9 Å². The summed E-state index contributed by atoms with van der Waals surface area (Å²) in [5, 5.41) is 12.2. The van der Waals surface area contributed by atoms with Gasteiger partial charge in [-0.25, -0.2) is 0 Å². The lowest BCUT2D eigenvalue weighted by Gasteiger charge is -2.35. The molecule has 31 heavy (non-hydrogen) atoms. The highest BCUT2D eigenvalue weighted by atomic mass is 16.7. The van der Waals surface area contributed by atoms with Gasteiger partial charge < -0.3 is 29.4 Å². The molecule has 1 fully saturated rings. The van der Waals surface area contributed by atoms with Gasteiger partial charge in [0.1, 0.15) is 5.56 Å². The molecule has 1 saturated heterocycles. The van der Waals surface area contributed by atoms with Crippen molar-refractivity contribution in [3.05, 3.63) is 34.1 Å². The minimum atomic E-state index is -0.587. The fourth-order valence-electron chi connectivity index (χ4n) is 4.33. The van der Waals surface area contributed by atoms with Crippen LogP contribution in [0, 0.1) is 0 Å². The van der Waals surface area contributed by atoms with Crippen LogP contribution in [0.5, 0.6) is 11.5 Å². The zero-order valence-electron chi connectivity index (χ0n) is 17.6. The van der Waals surface area contributed by atoms with Crippen molar-refractivity contribution >= 4 is 22.7 Å². The van der Waals surface area contributed by atoms with E-state index >= 15 is 0 Å². The number of fused-ring (bicyclic) bond motifs is 2. The molecule has 0 unspecified atom stereocenters. The van der Waals surface area contributed by atoms with E-state index in [2.05, 4.69) is 5.32 Å². The second kappa shape index (κ2) is 8.97. The third-order valence-electron chi connectivity index (χ3n) is 5.97. The van der Waals surface area contributed by atoms with Crippen LogP contribution in [0.2, 0.25) is 0 Å². The minimum absolute atomic E-state index is 0.00884. The van der Waals surface area contributed by atoms with Crippen LogP contribution in [0.3, 0.4) is 0 Å². The van der Waals surface area contributed by atoms with Crippen LogP contribution in [-0.4, -0.2) is 58.9 Å². The Morgan fingerprint density at radius 2 is 2.00 bits per heavy atom. The number of benzene rings is 1. The molecular weight excluding hydrogens is 402 g/mol. The van der Waals surface area contributed by atoms with Gasteiger partial charge in [-0.1, -0.05) is 0 Å². The van der Waals surface area contributed by atoms with Crippen molar-refractivity contribution < 1.29 is 24.2 Å². The lowest BCUT2D eigenvalue weighted by atomic mass is 9.99.